The molecule has 0 spiro atoms. The van der Waals surface area contributed by atoms with E-state index in [9.17, 15) is 4.79 Å². The van der Waals surface area contributed by atoms with Crippen molar-refractivity contribution >= 4 is 23.4 Å². The highest BCUT2D eigenvalue weighted by Crippen LogP contribution is 2.29. The van der Waals surface area contributed by atoms with Crippen LogP contribution in [-0.4, -0.2) is 34.1 Å². The predicted molar refractivity (Wildman–Crippen MR) is 94.5 cm³/mol. The van der Waals surface area contributed by atoms with Crippen molar-refractivity contribution in [2.45, 2.75) is 26.7 Å². The molecule has 1 aromatic heterocycles. The van der Waals surface area contributed by atoms with Crippen LogP contribution in [-0.2, 0) is 4.79 Å². The first-order chi connectivity index (χ1) is 11.5. The summed E-state index contributed by atoms with van der Waals surface area (Å²) in [4.78, 5) is 22.6. The third-order valence-electron chi connectivity index (χ3n) is 4.59. The summed E-state index contributed by atoms with van der Waals surface area (Å²) in [6.45, 7) is 5.38. The van der Waals surface area contributed by atoms with Crippen LogP contribution in [0.2, 0.25) is 5.02 Å². The zero-order valence-electron chi connectivity index (χ0n) is 13.8. The lowest BCUT2D eigenvalue weighted by Crippen LogP contribution is -2.37. The average Bonchev–Trinajstić information content (AvgIpc) is 2.57. The summed E-state index contributed by atoms with van der Waals surface area (Å²) in [5, 5.41) is 9.81. The molecule has 24 heavy (non-hydrogen) atoms. The second-order valence-electron chi connectivity index (χ2n) is 6.19. The van der Waals surface area contributed by atoms with Gasteiger partial charge in [-0.25, -0.2) is 9.97 Å². The van der Waals surface area contributed by atoms with Crippen LogP contribution in [0.4, 0.5) is 5.82 Å². The zero-order valence-corrected chi connectivity index (χ0v) is 14.5. The number of nitrogens with zero attached hydrogens (tertiary/aromatic N) is 3. The molecule has 3 rings (SSSR count). The first kappa shape index (κ1) is 16.7. The molecule has 0 atom stereocenters. The van der Waals surface area contributed by atoms with E-state index in [2.05, 4.69) is 9.88 Å². The molecular formula is C18H20ClN3O2. The number of benzene rings is 1. The molecule has 0 bridgehead atoms. The Labute approximate surface area is 146 Å². The molecule has 126 valence electrons. The lowest BCUT2D eigenvalue weighted by atomic mass is 9.97. The fourth-order valence-electron chi connectivity index (χ4n) is 3.02. The van der Waals surface area contributed by atoms with Gasteiger partial charge >= 0.3 is 5.97 Å². The van der Waals surface area contributed by atoms with E-state index in [1.807, 2.05) is 38.1 Å². The maximum atomic E-state index is 11.1. The van der Waals surface area contributed by atoms with Crippen molar-refractivity contribution in [3.63, 3.8) is 0 Å². The zero-order chi connectivity index (χ0) is 17.3. The Kier molecular flexibility index (Phi) is 4.71. The van der Waals surface area contributed by atoms with E-state index in [0.717, 1.165) is 22.6 Å². The number of aliphatic carboxylic acids is 1. The van der Waals surface area contributed by atoms with Crippen LogP contribution in [0, 0.1) is 19.8 Å². The van der Waals surface area contributed by atoms with Crippen LogP contribution < -0.4 is 4.90 Å². The number of aryl methyl sites for hydroxylation is 1. The fourth-order valence-corrected chi connectivity index (χ4v) is 3.21. The molecule has 0 amide bonds. The Morgan fingerprint density at radius 1 is 1.25 bits per heavy atom. The lowest BCUT2D eigenvalue weighted by Gasteiger charge is -2.32. The van der Waals surface area contributed by atoms with Crippen molar-refractivity contribution < 1.29 is 9.90 Å². The van der Waals surface area contributed by atoms with Crippen molar-refractivity contribution in [2.24, 2.45) is 5.92 Å². The van der Waals surface area contributed by atoms with Gasteiger partial charge in [0.2, 0.25) is 0 Å². The largest absolute Gasteiger partial charge is 0.481 e. The Hall–Kier alpha value is -2.14. The minimum Gasteiger partial charge on any atom is -0.481 e. The molecule has 1 saturated heterocycles. The van der Waals surface area contributed by atoms with Gasteiger partial charge in [0.15, 0.2) is 5.82 Å². The SMILES string of the molecule is Cc1nc(-c2cccc(Cl)c2)nc(N2CCC(C(=O)O)CC2)c1C. The summed E-state index contributed by atoms with van der Waals surface area (Å²) in [5.74, 6) is 0.582. The molecule has 1 aliphatic rings. The number of hydrogen-bond donors (Lipinski definition) is 1. The van der Waals surface area contributed by atoms with E-state index in [1.165, 1.54) is 0 Å². The number of aromatic nitrogens is 2. The third kappa shape index (κ3) is 3.36. The van der Waals surface area contributed by atoms with Gasteiger partial charge in [0.05, 0.1) is 5.92 Å². The van der Waals surface area contributed by atoms with E-state index in [4.69, 9.17) is 21.7 Å². The average molecular weight is 346 g/mol. The van der Waals surface area contributed by atoms with Crippen LogP contribution >= 0.6 is 11.6 Å². The van der Waals surface area contributed by atoms with Crippen molar-refractivity contribution in [3.05, 3.63) is 40.5 Å². The Morgan fingerprint density at radius 3 is 2.58 bits per heavy atom. The molecule has 6 heteroatoms. The van der Waals surface area contributed by atoms with Gasteiger partial charge in [-0.2, -0.15) is 0 Å². The molecule has 1 N–H and O–H groups in total. The normalized spacial score (nSPS) is 15.5. The van der Waals surface area contributed by atoms with Crippen LogP contribution in [0.5, 0.6) is 0 Å². The van der Waals surface area contributed by atoms with Gasteiger partial charge in [0.1, 0.15) is 5.82 Å². The highest BCUT2D eigenvalue weighted by molar-refractivity contribution is 6.30. The molecule has 0 unspecified atom stereocenters. The van der Waals surface area contributed by atoms with Gasteiger partial charge in [-0.05, 0) is 38.8 Å². The van der Waals surface area contributed by atoms with Gasteiger partial charge in [-0.3, -0.25) is 4.79 Å². The molecule has 1 fully saturated rings. The van der Waals surface area contributed by atoms with Crippen LogP contribution in [0.1, 0.15) is 24.1 Å². The quantitative estimate of drug-likeness (QED) is 0.918. The summed E-state index contributed by atoms with van der Waals surface area (Å²) in [6, 6.07) is 7.50. The maximum absolute atomic E-state index is 11.1. The number of rotatable bonds is 3. The number of piperidine rings is 1. The minimum absolute atomic E-state index is 0.253. The van der Waals surface area contributed by atoms with Crippen LogP contribution in [0.15, 0.2) is 24.3 Å². The number of halogens is 1. The summed E-state index contributed by atoms with van der Waals surface area (Å²) in [6.07, 6.45) is 1.29. The second-order valence-corrected chi connectivity index (χ2v) is 6.63. The number of hydrogen-bond acceptors (Lipinski definition) is 4. The number of anilines is 1. The van der Waals surface area contributed by atoms with E-state index >= 15 is 0 Å². The number of carboxylic acids is 1. The first-order valence-corrected chi connectivity index (χ1v) is 8.42. The Balaban J connectivity index is 1.92. The van der Waals surface area contributed by atoms with E-state index in [0.29, 0.717) is 36.8 Å². The lowest BCUT2D eigenvalue weighted by molar-refractivity contribution is -0.142. The van der Waals surface area contributed by atoms with Gasteiger partial charge in [-0.15, -0.1) is 0 Å². The molecule has 1 aliphatic heterocycles. The molecule has 5 nitrogen and oxygen atoms in total. The predicted octanol–water partition coefficient (Wildman–Crippen LogP) is 3.71. The smallest absolute Gasteiger partial charge is 0.306 e. The molecule has 0 aliphatic carbocycles. The first-order valence-electron chi connectivity index (χ1n) is 8.04. The molecule has 2 aromatic rings. The molecular weight excluding hydrogens is 326 g/mol. The molecule has 0 saturated carbocycles. The molecule has 0 radical (unpaired) electrons. The molecule has 1 aromatic carbocycles. The Bertz CT molecular complexity index is 771. The minimum atomic E-state index is -0.704. The van der Waals surface area contributed by atoms with Crippen LogP contribution in [0.25, 0.3) is 11.4 Å². The Morgan fingerprint density at radius 2 is 1.96 bits per heavy atom. The van der Waals surface area contributed by atoms with Gasteiger partial charge in [0, 0.05) is 34.9 Å². The number of carbonyl (C=O) groups is 1. The van der Waals surface area contributed by atoms with Crippen molar-refractivity contribution in [1.82, 2.24) is 9.97 Å². The monoisotopic (exact) mass is 345 g/mol. The van der Waals surface area contributed by atoms with Crippen molar-refractivity contribution in [1.29, 1.82) is 0 Å². The highest BCUT2D eigenvalue weighted by atomic mass is 35.5. The maximum Gasteiger partial charge on any atom is 0.306 e. The standard InChI is InChI=1S/C18H20ClN3O2/c1-11-12(2)20-16(14-4-3-5-15(19)10-14)21-17(11)22-8-6-13(7-9-22)18(23)24/h3-5,10,13H,6-9H2,1-2H3,(H,23,24). The summed E-state index contributed by atoms with van der Waals surface area (Å²) in [7, 11) is 0. The topological polar surface area (TPSA) is 66.3 Å². The second kappa shape index (κ2) is 6.77. The van der Waals surface area contributed by atoms with E-state index < -0.39 is 5.97 Å². The van der Waals surface area contributed by atoms with Crippen molar-refractivity contribution in [3.8, 4) is 11.4 Å². The summed E-state index contributed by atoms with van der Waals surface area (Å²) < 4.78 is 0. The number of carboxylic acid groups (broad SMARTS) is 1. The summed E-state index contributed by atoms with van der Waals surface area (Å²) in [5.41, 5.74) is 2.84. The fraction of sp³-hybridized carbons (Fsp3) is 0.389. The van der Waals surface area contributed by atoms with Gasteiger partial charge in [0.25, 0.3) is 0 Å². The highest BCUT2D eigenvalue weighted by Gasteiger charge is 2.26. The molecule has 2 heterocycles. The third-order valence-corrected chi connectivity index (χ3v) is 4.83. The van der Waals surface area contributed by atoms with Crippen molar-refractivity contribution in [2.75, 3.05) is 18.0 Å². The van der Waals surface area contributed by atoms with Crippen LogP contribution in [0.3, 0.4) is 0 Å². The van der Waals surface area contributed by atoms with E-state index in [-0.39, 0.29) is 5.92 Å². The van der Waals surface area contributed by atoms with Gasteiger partial charge in [-0.1, -0.05) is 23.7 Å². The summed E-state index contributed by atoms with van der Waals surface area (Å²) >= 11 is 6.08. The van der Waals surface area contributed by atoms with Gasteiger partial charge < -0.3 is 10.0 Å². The van der Waals surface area contributed by atoms with E-state index in [1.54, 1.807) is 0 Å².